The van der Waals surface area contributed by atoms with Gasteiger partial charge in [0, 0.05) is 0 Å². The highest BCUT2D eigenvalue weighted by Crippen LogP contribution is 2.28. The number of nitrogens with zero attached hydrogens (tertiary/aromatic N) is 3. The second kappa shape index (κ2) is 4.75. The van der Waals surface area contributed by atoms with Crippen LogP contribution in [-0.4, -0.2) is 32.9 Å². The largest absolute Gasteiger partial charge is 0.405 e. The van der Waals surface area contributed by atoms with Crippen LogP contribution in [0.1, 0.15) is 0 Å². The zero-order valence-electron chi connectivity index (χ0n) is 9.90. The molecule has 0 aliphatic rings. The standard InChI is InChI=1S/C11H8F3N5S/c12-11(13,14)5-15-10-17-8(18-19-10)9-16-6-3-1-2-4-7(6)20-9/h1-4H,5H2,(H2,15,17,18,19). The molecule has 2 aromatic heterocycles. The van der Waals surface area contributed by atoms with Crippen LogP contribution in [0.15, 0.2) is 24.3 Å². The Labute approximate surface area is 114 Å². The average Bonchev–Trinajstić information content (AvgIpc) is 3.01. The minimum absolute atomic E-state index is 0.100. The van der Waals surface area contributed by atoms with Gasteiger partial charge in [0.25, 0.3) is 0 Å². The van der Waals surface area contributed by atoms with Crippen molar-refractivity contribution in [3.8, 4) is 10.8 Å². The number of halogens is 3. The summed E-state index contributed by atoms with van der Waals surface area (Å²) in [6.45, 7) is -1.18. The number of H-pyrrole nitrogens is 1. The van der Waals surface area contributed by atoms with Crippen LogP contribution < -0.4 is 5.32 Å². The molecule has 0 fully saturated rings. The smallest absolute Gasteiger partial charge is 0.344 e. The van der Waals surface area contributed by atoms with Crippen LogP contribution in [0.5, 0.6) is 0 Å². The fraction of sp³-hybridized carbons (Fsp3) is 0.182. The summed E-state index contributed by atoms with van der Waals surface area (Å²) in [6.07, 6.45) is -4.31. The number of hydrogen-bond donors (Lipinski definition) is 2. The van der Waals surface area contributed by atoms with E-state index in [1.807, 2.05) is 24.3 Å². The Bertz CT molecular complexity index is 700. The van der Waals surface area contributed by atoms with Gasteiger partial charge in [0.05, 0.1) is 10.2 Å². The maximum Gasteiger partial charge on any atom is 0.405 e. The highest BCUT2D eigenvalue weighted by atomic mass is 32.1. The molecule has 0 aliphatic carbocycles. The molecule has 3 rings (SSSR count). The van der Waals surface area contributed by atoms with Crippen LogP contribution >= 0.6 is 11.3 Å². The summed E-state index contributed by atoms with van der Waals surface area (Å²) < 4.78 is 37.2. The predicted molar refractivity (Wildman–Crippen MR) is 69.5 cm³/mol. The fourth-order valence-corrected chi connectivity index (χ4v) is 2.49. The van der Waals surface area contributed by atoms with E-state index < -0.39 is 12.7 Å². The van der Waals surface area contributed by atoms with Gasteiger partial charge in [-0.1, -0.05) is 12.1 Å². The number of rotatable bonds is 3. The minimum Gasteiger partial charge on any atom is -0.344 e. The maximum absolute atomic E-state index is 12.1. The van der Waals surface area contributed by atoms with Crippen molar-refractivity contribution in [2.24, 2.45) is 0 Å². The number of alkyl halides is 3. The highest BCUT2D eigenvalue weighted by Gasteiger charge is 2.27. The number of thiazole rings is 1. The van der Waals surface area contributed by atoms with Gasteiger partial charge in [-0.05, 0) is 12.1 Å². The van der Waals surface area contributed by atoms with Gasteiger partial charge < -0.3 is 5.32 Å². The van der Waals surface area contributed by atoms with Crippen LogP contribution in [-0.2, 0) is 0 Å². The Kier molecular flexibility index (Phi) is 3.05. The van der Waals surface area contributed by atoms with E-state index in [4.69, 9.17) is 0 Å². The molecule has 3 aromatic rings. The Morgan fingerprint density at radius 2 is 2.00 bits per heavy atom. The van der Waals surface area contributed by atoms with Crippen molar-refractivity contribution in [1.29, 1.82) is 0 Å². The summed E-state index contributed by atoms with van der Waals surface area (Å²) >= 11 is 1.39. The first kappa shape index (κ1) is 12.9. The summed E-state index contributed by atoms with van der Waals surface area (Å²) in [5.41, 5.74) is 0.814. The number of benzene rings is 1. The van der Waals surface area contributed by atoms with Gasteiger partial charge in [-0.3, -0.25) is 5.10 Å². The van der Waals surface area contributed by atoms with Crippen molar-refractivity contribution >= 4 is 27.5 Å². The first-order valence-corrected chi connectivity index (χ1v) is 6.42. The number of nitrogens with one attached hydrogen (secondary N) is 2. The second-order valence-corrected chi connectivity index (χ2v) is 4.99. The van der Waals surface area contributed by atoms with Crippen molar-refractivity contribution in [2.75, 3.05) is 11.9 Å². The van der Waals surface area contributed by atoms with Crippen molar-refractivity contribution in [1.82, 2.24) is 20.2 Å². The lowest BCUT2D eigenvalue weighted by Crippen LogP contribution is -2.21. The van der Waals surface area contributed by atoms with Crippen molar-refractivity contribution in [3.63, 3.8) is 0 Å². The van der Waals surface area contributed by atoms with Gasteiger partial charge in [0.2, 0.25) is 5.95 Å². The van der Waals surface area contributed by atoms with E-state index in [9.17, 15) is 13.2 Å². The Morgan fingerprint density at radius 1 is 1.20 bits per heavy atom. The number of aromatic amines is 1. The molecule has 0 spiro atoms. The lowest BCUT2D eigenvalue weighted by Gasteiger charge is -2.04. The maximum atomic E-state index is 12.1. The molecule has 0 radical (unpaired) electrons. The molecular weight excluding hydrogens is 291 g/mol. The van der Waals surface area contributed by atoms with E-state index >= 15 is 0 Å². The first-order valence-electron chi connectivity index (χ1n) is 5.60. The number of para-hydroxylation sites is 1. The zero-order valence-corrected chi connectivity index (χ0v) is 10.7. The molecule has 0 saturated carbocycles. The SMILES string of the molecule is FC(F)(F)CNc1n[nH]c(-c2nc3ccccc3s2)n1. The molecule has 0 aliphatic heterocycles. The van der Waals surface area contributed by atoms with Crippen molar-refractivity contribution in [3.05, 3.63) is 24.3 Å². The molecule has 0 unspecified atom stereocenters. The molecule has 0 atom stereocenters. The molecular formula is C11H8F3N5S. The summed E-state index contributed by atoms with van der Waals surface area (Å²) in [7, 11) is 0. The van der Waals surface area contributed by atoms with Gasteiger partial charge in [-0.15, -0.1) is 16.4 Å². The number of hydrogen-bond acceptors (Lipinski definition) is 5. The lowest BCUT2D eigenvalue weighted by atomic mass is 10.3. The van der Waals surface area contributed by atoms with Gasteiger partial charge in [-0.25, -0.2) is 4.98 Å². The van der Waals surface area contributed by atoms with E-state index in [0.717, 1.165) is 10.2 Å². The first-order chi connectivity index (χ1) is 9.51. The third-order valence-electron chi connectivity index (χ3n) is 2.43. The molecule has 0 saturated heterocycles. The summed E-state index contributed by atoms with van der Waals surface area (Å²) in [5, 5.41) is 8.95. The highest BCUT2D eigenvalue weighted by molar-refractivity contribution is 7.21. The lowest BCUT2D eigenvalue weighted by molar-refractivity contribution is -0.115. The normalized spacial score (nSPS) is 11.9. The van der Waals surface area contributed by atoms with E-state index in [0.29, 0.717) is 10.8 Å². The van der Waals surface area contributed by atoms with Gasteiger partial charge in [-0.2, -0.15) is 18.2 Å². The molecule has 0 amide bonds. The number of anilines is 1. The van der Waals surface area contributed by atoms with Crippen molar-refractivity contribution in [2.45, 2.75) is 6.18 Å². The summed E-state index contributed by atoms with van der Waals surface area (Å²) in [4.78, 5) is 8.29. The second-order valence-electron chi connectivity index (χ2n) is 3.96. The van der Waals surface area contributed by atoms with E-state index in [-0.39, 0.29) is 5.95 Å². The summed E-state index contributed by atoms with van der Waals surface area (Å²) in [6, 6.07) is 7.52. The number of aromatic nitrogens is 4. The molecule has 9 heteroatoms. The monoisotopic (exact) mass is 299 g/mol. The van der Waals surface area contributed by atoms with Gasteiger partial charge in [0.1, 0.15) is 6.54 Å². The topological polar surface area (TPSA) is 66.5 Å². The van der Waals surface area contributed by atoms with Gasteiger partial charge >= 0.3 is 6.18 Å². The molecule has 2 heterocycles. The minimum atomic E-state index is -4.31. The molecule has 0 bridgehead atoms. The Hall–Kier alpha value is -2.16. The Morgan fingerprint density at radius 3 is 2.75 bits per heavy atom. The van der Waals surface area contributed by atoms with Gasteiger partial charge in [0.15, 0.2) is 10.8 Å². The Balaban J connectivity index is 1.82. The van der Waals surface area contributed by atoms with Crippen LogP contribution in [0.4, 0.5) is 19.1 Å². The number of fused-ring (bicyclic) bond motifs is 1. The molecule has 5 nitrogen and oxygen atoms in total. The molecule has 1 aromatic carbocycles. The fourth-order valence-electron chi connectivity index (χ4n) is 1.59. The average molecular weight is 299 g/mol. The molecule has 20 heavy (non-hydrogen) atoms. The zero-order chi connectivity index (χ0) is 14.2. The van der Waals surface area contributed by atoms with Crippen LogP contribution in [0.3, 0.4) is 0 Å². The molecule has 104 valence electrons. The third kappa shape index (κ3) is 2.72. The summed E-state index contributed by atoms with van der Waals surface area (Å²) in [5.74, 6) is 0.243. The quantitative estimate of drug-likeness (QED) is 0.780. The van der Waals surface area contributed by atoms with Crippen LogP contribution in [0.25, 0.3) is 21.0 Å². The third-order valence-corrected chi connectivity index (χ3v) is 3.47. The predicted octanol–water partition coefficient (Wildman–Crippen LogP) is 3.06. The van der Waals surface area contributed by atoms with E-state index in [1.165, 1.54) is 11.3 Å². The van der Waals surface area contributed by atoms with Crippen LogP contribution in [0.2, 0.25) is 0 Å². The van der Waals surface area contributed by atoms with E-state index in [2.05, 4.69) is 25.5 Å². The van der Waals surface area contributed by atoms with Crippen molar-refractivity contribution < 1.29 is 13.2 Å². The molecule has 2 N–H and O–H groups in total. The van der Waals surface area contributed by atoms with Crippen LogP contribution in [0, 0.1) is 0 Å². The van der Waals surface area contributed by atoms with E-state index in [1.54, 1.807) is 0 Å².